The van der Waals surface area contributed by atoms with Crippen LogP contribution in [-0.2, 0) is 24.2 Å². The molecule has 7 heteroatoms. The zero-order valence-electron chi connectivity index (χ0n) is 15.0. The van der Waals surface area contributed by atoms with E-state index in [2.05, 4.69) is 10.3 Å². The number of aromatic nitrogens is 2. The Morgan fingerprint density at radius 2 is 2.15 bits per heavy atom. The van der Waals surface area contributed by atoms with Crippen LogP contribution in [0.25, 0.3) is 10.2 Å². The van der Waals surface area contributed by atoms with Crippen LogP contribution in [0.15, 0.2) is 29.3 Å². The molecule has 5 nitrogen and oxygen atoms in total. The van der Waals surface area contributed by atoms with Gasteiger partial charge in [-0.05, 0) is 55.9 Å². The lowest BCUT2D eigenvalue weighted by molar-refractivity contribution is -0.116. The molecule has 1 N–H and O–H groups in total. The molecule has 3 aromatic rings. The second-order valence-electron chi connectivity index (χ2n) is 6.89. The molecule has 2 heterocycles. The van der Waals surface area contributed by atoms with Gasteiger partial charge in [0, 0.05) is 23.5 Å². The monoisotopic (exact) mass is 385 g/mol. The first-order valence-corrected chi connectivity index (χ1v) is 9.90. The maximum atomic E-state index is 13.4. The molecule has 2 aromatic heterocycles. The molecule has 0 aliphatic heterocycles. The Labute approximate surface area is 159 Å². The molecule has 4 rings (SSSR count). The molecule has 0 unspecified atom stereocenters. The third-order valence-corrected chi connectivity index (χ3v) is 6.20. The number of nitrogens with zero attached hydrogens (tertiary/aromatic N) is 2. The van der Waals surface area contributed by atoms with E-state index in [1.54, 1.807) is 24.3 Å². The van der Waals surface area contributed by atoms with Gasteiger partial charge >= 0.3 is 0 Å². The maximum absolute atomic E-state index is 13.4. The van der Waals surface area contributed by atoms with Crippen LogP contribution in [0.5, 0.6) is 0 Å². The van der Waals surface area contributed by atoms with E-state index in [0.29, 0.717) is 5.69 Å². The van der Waals surface area contributed by atoms with Gasteiger partial charge in [-0.15, -0.1) is 11.3 Å². The zero-order valence-corrected chi connectivity index (χ0v) is 15.9. The van der Waals surface area contributed by atoms with Crippen molar-refractivity contribution in [1.29, 1.82) is 0 Å². The van der Waals surface area contributed by atoms with E-state index in [-0.39, 0.29) is 24.4 Å². The molecule has 27 heavy (non-hydrogen) atoms. The minimum absolute atomic E-state index is 0.0749. The highest BCUT2D eigenvalue weighted by Crippen LogP contribution is 2.33. The Hall–Kier alpha value is -2.54. The quantitative estimate of drug-likeness (QED) is 0.743. The van der Waals surface area contributed by atoms with Gasteiger partial charge in [0.25, 0.3) is 5.56 Å². The summed E-state index contributed by atoms with van der Waals surface area (Å²) in [6, 6.07) is 4.27. The molecule has 0 spiro atoms. The first-order valence-electron chi connectivity index (χ1n) is 9.08. The van der Waals surface area contributed by atoms with E-state index < -0.39 is 5.82 Å². The molecular formula is C20H20FN3O2S. The number of nitrogens with one attached hydrogen (secondary N) is 1. The Morgan fingerprint density at radius 3 is 3.00 bits per heavy atom. The number of aryl methyl sites for hydroxylation is 4. The van der Waals surface area contributed by atoms with Crippen LogP contribution < -0.4 is 10.9 Å². The van der Waals surface area contributed by atoms with E-state index in [0.717, 1.165) is 47.0 Å². The molecular weight excluding hydrogens is 365 g/mol. The normalized spacial score (nSPS) is 13.6. The van der Waals surface area contributed by atoms with E-state index in [1.807, 2.05) is 0 Å². The number of hydrogen-bond acceptors (Lipinski definition) is 4. The fourth-order valence-corrected chi connectivity index (χ4v) is 4.72. The second kappa shape index (κ2) is 7.23. The van der Waals surface area contributed by atoms with Gasteiger partial charge in [-0.25, -0.2) is 9.37 Å². The van der Waals surface area contributed by atoms with Crippen molar-refractivity contribution in [1.82, 2.24) is 9.55 Å². The number of thiophene rings is 1. The van der Waals surface area contributed by atoms with Gasteiger partial charge in [0.05, 0.1) is 11.7 Å². The Balaban J connectivity index is 1.52. The molecule has 1 aliphatic rings. The molecule has 0 saturated heterocycles. The van der Waals surface area contributed by atoms with Gasteiger partial charge in [0.15, 0.2) is 0 Å². The summed E-state index contributed by atoms with van der Waals surface area (Å²) >= 11 is 1.61. The number of carbonyl (C=O) groups is 1. The van der Waals surface area contributed by atoms with E-state index >= 15 is 0 Å². The van der Waals surface area contributed by atoms with Crippen molar-refractivity contribution in [2.75, 3.05) is 5.32 Å². The standard InChI is InChI=1S/C20H20FN3O2S/c1-12-6-7-13(21)10-15(12)23-17(25)8-9-24-11-22-19-18(20(24)26)14-4-2-3-5-16(14)27-19/h6-7,10-11H,2-5,8-9H2,1H3,(H,23,25). The van der Waals surface area contributed by atoms with Crippen molar-refractivity contribution in [3.63, 3.8) is 0 Å². The lowest BCUT2D eigenvalue weighted by atomic mass is 9.97. The number of hydrogen-bond donors (Lipinski definition) is 1. The largest absolute Gasteiger partial charge is 0.326 e. The van der Waals surface area contributed by atoms with Crippen LogP contribution in [0.3, 0.4) is 0 Å². The third-order valence-electron chi connectivity index (χ3n) is 5.00. The van der Waals surface area contributed by atoms with Gasteiger partial charge in [-0.3, -0.25) is 14.2 Å². The second-order valence-corrected chi connectivity index (χ2v) is 7.98. The number of anilines is 1. The van der Waals surface area contributed by atoms with Crippen molar-refractivity contribution < 1.29 is 9.18 Å². The molecule has 0 radical (unpaired) electrons. The van der Waals surface area contributed by atoms with Crippen molar-refractivity contribution in [3.8, 4) is 0 Å². The number of halogens is 1. The summed E-state index contributed by atoms with van der Waals surface area (Å²) in [4.78, 5) is 31.6. The SMILES string of the molecule is Cc1ccc(F)cc1NC(=O)CCn1cnc2sc3c(c2c1=O)CCCC3. The van der Waals surface area contributed by atoms with E-state index in [1.165, 1.54) is 27.9 Å². The fourth-order valence-electron chi connectivity index (χ4n) is 3.50. The number of rotatable bonds is 4. The van der Waals surface area contributed by atoms with E-state index in [4.69, 9.17) is 0 Å². The highest BCUT2D eigenvalue weighted by molar-refractivity contribution is 7.18. The first kappa shape index (κ1) is 17.9. The molecule has 0 saturated carbocycles. The summed E-state index contributed by atoms with van der Waals surface area (Å²) in [6.07, 6.45) is 5.85. The van der Waals surface area contributed by atoms with Crippen molar-refractivity contribution in [2.24, 2.45) is 0 Å². The van der Waals surface area contributed by atoms with Crippen LogP contribution in [0.2, 0.25) is 0 Å². The van der Waals surface area contributed by atoms with Gasteiger partial charge in [-0.2, -0.15) is 0 Å². The summed E-state index contributed by atoms with van der Waals surface area (Å²) in [7, 11) is 0. The van der Waals surface area contributed by atoms with Gasteiger partial charge in [0.2, 0.25) is 5.91 Å². The number of benzene rings is 1. The molecule has 140 valence electrons. The molecule has 1 amide bonds. The lowest BCUT2D eigenvalue weighted by Crippen LogP contribution is -2.24. The highest BCUT2D eigenvalue weighted by Gasteiger charge is 2.20. The number of amides is 1. The van der Waals surface area contributed by atoms with Crippen LogP contribution in [0, 0.1) is 12.7 Å². The average Bonchev–Trinajstić information content (AvgIpc) is 3.03. The lowest BCUT2D eigenvalue weighted by Gasteiger charge is -2.11. The summed E-state index contributed by atoms with van der Waals surface area (Å²) in [5, 5.41) is 3.43. The number of fused-ring (bicyclic) bond motifs is 3. The minimum Gasteiger partial charge on any atom is -0.326 e. The average molecular weight is 385 g/mol. The summed E-state index contributed by atoms with van der Waals surface area (Å²) in [5.74, 6) is -0.660. The smallest absolute Gasteiger partial charge is 0.262 e. The predicted octanol–water partition coefficient (Wildman–Crippen LogP) is 3.81. The van der Waals surface area contributed by atoms with Crippen LogP contribution >= 0.6 is 11.3 Å². The maximum Gasteiger partial charge on any atom is 0.262 e. The first-order chi connectivity index (χ1) is 13.0. The van der Waals surface area contributed by atoms with Crippen LogP contribution in [0.1, 0.15) is 35.3 Å². The highest BCUT2D eigenvalue weighted by atomic mass is 32.1. The minimum atomic E-state index is -0.399. The Morgan fingerprint density at radius 1 is 1.33 bits per heavy atom. The topological polar surface area (TPSA) is 64.0 Å². The van der Waals surface area contributed by atoms with Gasteiger partial charge < -0.3 is 5.32 Å². The van der Waals surface area contributed by atoms with Crippen LogP contribution in [0.4, 0.5) is 10.1 Å². The summed E-state index contributed by atoms with van der Waals surface area (Å²) in [6.45, 7) is 2.05. The summed E-state index contributed by atoms with van der Waals surface area (Å²) < 4.78 is 14.9. The Kier molecular flexibility index (Phi) is 4.78. The molecule has 0 atom stereocenters. The molecule has 1 aromatic carbocycles. The van der Waals surface area contributed by atoms with E-state index in [9.17, 15) is 14.0 Å². The van der Waals surface area contributed by atoms with Crippen molar-refractivity contribution in [3.05, 3.63) is 56.7 Å². The van der Waals surface area contributed by atoms with Gasteiger partial charge in [0.1, 0.15) is 10.6 Å². The molecule has 0 bridgehead atoms. The third kappa shape index (κ3) is 3.51. The fraction of sp³-hybridized carbons (Fsp3) is 0.350. The molecule has 1 aliphatic carbocycles. The van der Waals surface area contributed by atoms with Crippen molar-refractivity contribution in [2.45, 2.75) is 45.6 Å². The van der Waals surface area contributed by atoms with Crippen LogP contribution in [-0.4, -0.2) is 15.5 Å². The predicted molar refractivity (Wildman–Crippen MR) is 105 cm³/mol. The van der Waals surface area contributed by atoms with Gasteiger partial charge in [-0.1, -0.05) is 6.07 Å². The molecule has 0 fully saturated rings. The Bertz CT molecular complexity index is 1090. The zero-order chi connectivity index (χ0) is 19.0. The van der Waals surface area contributed by atoms with Crippen molar-refractivity contribution >= 4 is 33.1 Å². The summed E-state index contributed by atoms with van der Waals surface area (Å²) in [5.41, 5.74) is 2.31. The number of carbonyl (C=O) groups excluding carboxylic acids is 1.